The number of carbonyl (C=O) groups is 2. The van der Waals surface area contributed by atoms with Crippen LogP contribution in [0.4, 0.5) is 0 Å². The fraction of sp³-hybridized carbons (Fsp3) is 0.300. The molecule has 0 spiro atoms. The second-order valence-electron chi connectivity index (χ2n) is 6.87. The molecule has 0 amide bonds. The van der Waals surface area contributed by atoms with E-state index in [1.807, 2.05) is 0 Å². The van der Waals surface area contributed by atoms with Gasteiger partial charge in [-0.1, -0.05) is 35.3 Å². The minimum Gasteiger partial charge on any atom is -0.426 e. The van der Waals surface area contributed by atoms with Crippen molar-refractivity contribution in [3.05, 3.63) is 58.6 Å². The highest BCUT2D eigenvalue weighted by Gasteiger charge is 2.40. The fourth-order valence-electron chi connectivity index (χ4n) is 3.28. The molecule has 0 aliphatic carbocycles. The highest BCUT2D eigenvalue weighted by atomic mass is 35.5. The van der Waals surface area contributed by atoms with Crippen molar-refractivity contribution in [1.29, 1.82) is 0 Å². The van der Waals surface area contributed by atoms with Gasteiger partial charge >= 0.3 is 11.9 Å². The second kappa shape index (κ2) is 9.15. The molecule has 1 saturated heterocycles. The highest BCUT2D eigenvalue weighted by Crippen LogP contribution is 2.32. The van der Waals surface area contributed by atoms with Gasteiger partial charge in [0.2, 0.25) is 0 Å². The monoisotopic (exact) mass is 456 g/mol. The molecule has 0 aromatic heterocycles. The number of hydrogen-bond acceptors (Lipinski definition) is 6. The van der Waals surface area contributed by atoms with E-state index < -0.39 is 33.6 Å². The lowest BCUT2D eigenvalue weighted by atomic mass is 9.90. The third-order valence-corrected chi connectivity index (χ3v) is 6.86. The number of esters is 2. The molecular formula is C20H18Cl2O6S. The maximum Gasteiger partial charge on any atom is 0.311 e. The molecule has 0 saturated carbocycles. The number of rotatable bonds is 6. The molecule has 1 heterocycles. The van der Waals surface area contributed by atoms with Crippen molar-refractivity contribution in [1.82, 2.24) is 0 Å². The van der Waals surface area contributed by atoms with Crippen LogP contribution in [0.1, 0.15) is 12.8 Å². The molecule has 2 atom stereocenters. The fourth-order valence-corrected chi connectivity index (χ4v) is 5.86. The van der Waals surface area contributed by atoms with Crippen molar-refractivity contribution in [3.8, 4) is 11.5 Å². The van der Waals surface area contributed by atoms with E-state index in [1.54, 1.807) is 36.4 Å². The van der Waals surface area contributed by atoms with Crippen LogP contribution in [-0.2, 0) is 19.4 Å². The van der Waals surface area contributed by atoms with Gasteiger partial charge in [0, 0.05) is 10.0 Å². The van der Waals surface area contributed by atoms with Crippen LogP contribution in [0.2, 0.25) is 10.0 Å². The van der Waals surface area contributed by atoms with E-state index in [1.165, 1.54) is 12.1 Å². The van der Waals surface area contributed by atoms with Gasteiger partial charge in [-0.15, -0.1) is 0 Å². The Morgan fingerprint density at radius 3 is 1.62 bits per heavy atom. The summed E-state index contributed by atoms with van der Waals surface area (Å²) in [6.07, 6.45) is -0.248. The van der Waals surface area contributed by atoms with Crippen molar-refractivity contribution < 1.29 is 27.5 Å². The molecule has 6 nitrogen and oxygen atoms in total. The van der Waals surface area contributed by atoms with Crippen LogP contribution in [0.25, 0.3) is 0 Å². The minimum atomic E-state index is -3.35. The Labute approximate surface area is 178 Å². The summed E-state index contributed by atoms with van der Waals surface area (Å²) in [5, 5.41) is 0.834. The maximum absolute atomic E-state index is 12.3. The zero-order chi connectivity index (χ0) is 21.0. The third-order valence-electron chi connectivity index (χ3n) is 4.52. The molecule has 1 aliphatic rings. The average molecular weight is 457 g/mol. The van der Waals surface area contributed by atoms with Gasteiger partial charge in [0.05, 0.1) is 24.3 Å². The van der Waals surface area contributed by atoms with Crippen molar-refractivity contribution in [3.63, 3.8) is 0 Å². The Morgan fingerprint density at radius 1 is 0.828 bits per heavy atom. The van der Waals surface area contributed by atoms with Crippen molar-refractivity contribution in [2.75, 3.05) is 11.5 Å². The summed E-state index contributed by atoms with van der Waals surface area (Å²) in [7, 11) is -3.35. The van der Waals surface area contributed by atoms with E-state index in [0.29, 0.717) is 10.0 Å². The van der Waals surface area contributed by atoms with Crippen molar-refractivity contribution >= 4 is 45.0 Å². The van der Waals surface area contributed by atoms with Crippen molar-refractivity contribution in [2.45, 2.75) is 12.8 Å². The molecule has 9 heteroatoms. The normalized spacial score (nSPS) is 20.2. The summed E-state index contributed by atoms with van der Waals surface area (Å²) >= 11 is 11.7. The number of halogens is 2. The first-order chi connectivity index (χ1) is 13.7. The lowest BCUT2D eigenvalue weighted by Crippen LogP contribution is -2.23. The predicted molar refractivity (Wildman–Crippen MR) is 109 cm³/mol. The molecule has 0 bridgehead atoms. The van der Waals surface area contributed by atoms with Gasteiger partial charge in [-0.05, 0) is 48.2 Å². The highest BCUT2D eigenvalue weighted by molar-refractivity contribution is 7.91. The molecule has 2 unspecified atom stereocenters. The smallest absolute Gasteiger partial charge is 0.311 e. The molecule has 29 heavy (non-hydrogen) atoms. The SMILES string of the molecule is O=C(CC1CS(=O)(=O)CC1CC(=O)Oc1cccc(Cl)c1)Oc1cccc(Cl)c1. The first-order valence-electron chi connectivity index (χ1n) is 8.83. The summed E-state index contributed by atoms with van der Waals surface area (Å²) in [5.41, 5.74) is 0. The van der Waals surface area contributed by atoms with Crippen LogP contribution in [-0.4, -0.2) is 31.9 Å². The third kappa shape index (κ3) is 6.45. The molecule has 1 fully saturated rings. The minimum absolute atomic E-state index is 0.124. The molecule has 2 aromatic rings. The predicted octanol–water partition coefficient (Wildman–Crippen LogP) is 3.95. The number of hydrogen-bond donors (Lipinski definition) is 0. The van der Waals surface area contributed by atoms with E-state index in [0.717, 1.165) is 0 Å². The van der Waals surface area contributed by atoms with Gasteiger partial charge in [-0.25, -0.2) is 8.42 Å². The first-order valence-corrected chi connectivity index (χ1v) is 11.4. The van der Waals surface area contributed by atoms with Gasteiger partial charge in [0.1, 0.15) is 11.5 Å². The molecule has 154 valence electrons. The Kier molecular flexibility index (Phi) is 6.82. The number of ether oxygens (including phenoxy) is 2. The van der Waals surface area contributed by atoms with Crippen LogP contribution in [0.5, 0.6) is 11.5 Å². The quantitative estimate of drug-likeness (QED) is 0.483. The van der Waals surface area contributed by atoms with E-state index in [4.69, 9.17) is 32.7 Å². The van der Waals surface area contributed by atoms with E-state index in [2.05, 4.69) is 0 Å². The summed E-state index contributed by atoms with van der Waals surface area (Å²) < 4.78 is 34.6. The Morgan fingerprint density at radius 2 is 1.24 bits per heavy atom. The summed E-state index contributed by atoms with van der Waals surface area (Å²) in [6, 6.07) is 12.7. The number of carbonyl (C=O) groups excluding carboxylic acids is 2. The number of sulfone groups is 1. The molecule has 3 rings (SSSR count). The maximum atomic E-state index is 12.3. The number of benzene rings is 2. The van der Waals surface area contributed by atoms with E-state index in [9.17, 15) is 18.0 Å². The zero-order valence-electron chi connectivity index (χ0n) is 15.2. The summed E-state index contributed by atoms with van der Waals surface area (Å²) in [4.78, 5) is 24.5. The lowest BCUT2D eigenvalue weighted by Gasteiger charge is -2.16. The molecule has 1 aliphatic heterocycles. The van der Waals surface area contributed by atoms with Gasteiger partial charge in [-0.2, -0.15) is 0 Å². The van der Waals surface area contributed by atoms with Crippen LogP contribution in [0.15, 0.2) is 48.5 Å². The van der Waals surface area contributed by atoms with Gasteiger partial charge in [0.15, 0.2) is 9.84 Å². The van der Waals surface area contributed by atoms with Crippen molar-refractivity contribution in [2.24, 2.45) is 11.8 Å². The molecule has 2 aromatic carbocycles. The standard InChI is InChI=1S/C20H18Cl2O6S/c21-15-3-1-5-17(9-15)27-19(23)7-13-11-29(25,26)12-14(13)8-20(24)28-18-6-2-4-16(22)10-18/h1-6,9-10,13-14H,7-8,11-12H2. The molecule has 0 N–H and O–H groups in total. The van der Waals surface area contributed by atoms with E-state index in [-0.39, 0.29) is 35.8 Å². The van der Waals surface area contributed by atoms with Crippen LogP contribution >= 0.6 is 23.2 Å². The Balaban J connectivity index is 1.62. The average Bonchev–Trinajstić information content (AvgIpc) is 2.87. The Hall–Kier alpha value is -2.09. The zero-order valence-corrected chi connectivity index (χ0v) is 17.5. The summed E-state index contributed by atoms with van der Waals surface area (Å²) in [5.74, 6) is -2.01. The van der Waals surface area contributed by atoms with Gasteiger partial charge in [0.25, 0.3) is 0 Å². The van der Waals surface area contributed by atoms with Gasteiger partial charge < -0.3 is 9.47 Å². The lowest BCUT2D eigenvalue weighted by molar-refractivity contribution is -0.138. The molecule has 0 radical (unpaired) electrons. The van der Waals surface area contributed by atoms with E-state index >= 15 is 0 Å². The topological polar surface area (TPSA) is 86.7 Å². The largest absolute Gasteiger partial charge is 0.426 e. The second-order valence-corrected chi connectivity index (χ2v) is 9.89. The molecular weight excluding hydrogens is 439 g/mol. The van der Waals surface area contributed by atoms with Crippen LogP contribution in [0, 0.1) is 11.8 Å². The van der Waals surface area contributed by atoms with Crippen LogP contribution in [0.3, 0.4) is 0 Å². The van der Waals surface area contributed by atoms with Gasteiger partial charge in [-0.3, -0.25) is 9.59 Å². The van der Waals surface area contributed by atoms with Crippen LogP contribution < -0.4 is 9.47 Å². The Bertz CT molecular complexity index is 946. The first kappa shape index (κ1) is 21.6. The summed E-state index contributed by atoms with van der Waals surface area (Å²) in [6.45, 7) is 0.